The Morgan fingerprint density at radius 2 is 1.93 bits per heavy atom. The van der Waals surface area contributed by atoms with Crippen LogP contribution in [-0.2, 0) is 15.2 Å². The van der Waals surface area contributed by atoms with E-state index in [0.29, 0.717) is 16.1 Å². The van der Waals surface area contributed by atoms with Crippen LogP contribution in [0.15, 0.2) is 63.5 Å². The Hall–Kier alpha value is -2.13. The van der Waals surface area contributed by atoms with Crippen molar-refractivity contribution in [2.24, 2.45) is 0 Å². The van der Waals surface area contributed by atoms with Crippen LogP contribution in [0.1, 0.15) is 10.4 Å². The van der Waals surface area contributed by atoms with Crippen molar-refractivity contribution in [2.75, 3.05) is 18.1 Å². The summed E-state index contributed by atoms with van der Waals surface area (Å²) in [7, 11) is 0. The van der Waals surface area contributed by atoms with Gasteiger partial charge in [0.05, 0.1) is 12.2 Å². The van der Waals surface area contributed by atoms with E-state index in [-0.39, 0.29) is 6.54 Å². The molecule has 3 rings (SSSR count). The lowest BCUT2D eigenvalue weighted by Gasteiger charge is -2.26. The molecule has 0 saturated heterocycles. The van der Waals surface area contributed by atoms with Crippen LogP contribution in [0.3, 0.4) is 0 Å². The summed E-state index contributed by atoms with van der Waals surface area (Å²) in [5.41, 5.74) is -0.110. The normalized spacial score (nSPS) is 13.0. The Bertz CT molecular complexity index is 874. The predicted octanol–water partition coefficient (Wildman–Crippen LogP) is 3.52. The molecule has 0 unspecified atom stereocenters. The average Bonchev–Trinajstić information content (AvgIpc) is 3.40. The fraction of sp³-hybridized carbons (Fsp3) is 0.158. The van der Waals surface area contributed by atoms with E-state index in [1.54, 1.807) is 12.1 Å². The van der Waals surface area contributed by atoms with E-state index >= 15 is 0 Å². The van der Waals surface area contributed by atoms with Crippen molar-refractivity contribution in [1.82, 2.24) is 5.32 Å². The van der Waals surface area contributed by atoms with Crippen molar-refractivity contribution >= 4 is 51.9 Å². The van der Waals surface area contributed by atoms with Crippen LogP contribution >= 0.6 is 34.4 Å². The number of thioether (sulfide) groups is 1. The third-order valence-electron chi connectivity index (χ3n) is 3.99. The Kier molecular flexibility index (Phi) is 6.33. The van der Waals surface area contributed by atoms with Crippen LogP contribution < -0.4 is 10.6 Å². The molecule has 0 radical (unpaired) electrons. The molecule has 0 fully saturated rings. The highest BCUT2D eigenvalue weighted by Crippen LogP contribution is 2.33. The van der Waals surface area contributed by atoms with E-state index in [2.05, 4.69) is 10.6 Å². The highest BCUT2D eigenvalue weighted by Gasteiger charge is 2.34. The Labute approximate surface area is 169 Å². The fourth-order valence-corrected chi connectivity index (χ4v) is 4.68. The molecule has 0 spiro atoms. The topological polar surface area (TPSA) is 78.4 Å². The maximum Gasteiger partial charge on any atom is 0.313 e. The predicted molar refractivity (Wildman–Crippen MR) is 111 cm³/mol. The van der Waals surface area contributed by atoms with Crippen LogP contribution in [0.4, 0.5) is 5.69 Å². The van der Waals surface area contributed by atoms with Crippen molar-refractivity contribution in [1.29, 1.82) is 0 Å². The van der Waals surface area contributed by atoms with Gasteiger partial charge in [-0.15, -0.1) is 23.1 Å². The number of amides is 2. The summed E-state index contributed by atoms with van der Waals surface area (Å²) in [5.74, 6) is -1.56. The number of hydrogen-bond acceptors (Lipinski definition) is 6. The summed E-state index contributed by atoms with van der Waals surface area (Å²) in [6.45, 7) is -0.0966. The Morgan fingerprint density at radius 1 is 1.11 bits per heavy atom. The summed E-state index contributed by atoms with van der Waals surface area (Å²) in [6.07, 6.45) is 1.90. The van der Waals surface area contributed by atoms with Gasteiger partial charge in [-0.1, -0.05) is 18.2 Å². The molecule has 5 nitrogen and oxygen atoms in total. The minimum absolute atomic E-state index is 0.0966. The molecule has 8 heteroatoms. The van der Waals surface area contributed by atoms with Crippen LogP contribution in [0.25, 0.3) is 0 Å². The first-order valence-corrected chi connectivity index (χ1v) is 11.1. The SMILES string of the molecule is CSc1ccccc1NC(=O)C(=O)NC[C@@](O)(c1ccsc1)c1cccs1. The van der Waals surface area contributed by atoms with Gasteiger partial charge in [-0.3, -0.25) is 9.59 Å². The number of aliphatic hydroxyl groups is 1. The number of rotatable bonds is 6. The molecule has 0 aliphatic heterocycles. The van der Waals surface area contributed by atoms with Crippen molar-refractivity contribution in [3.8, 4) is 0 Å². The molecule has 3 N–H and O–H groups in total. The Balaban J connectivity index is 1.70. The quantitative estimate of drug-likeness (QED) is 0.423. The molecule has 0 aliphatic rings. The zero-order chi connectivity index (χ0) is 19.3. The van der Waals surface area contributed by atoms with Gasteiger partial charge in [0.15, 0.2) is 0 Å². The van der Waals surface area contributed by atoms with E-state index in [1.165, 1.54) is 34.4 Å². The molecule has 1 atom stereocenters. The maximum absolute atomic E-state index is 12.3. The summed E-state index contributed by atoms with van der Waals surface area (Å²) in [4.78, 5) is 26.1. The molecule has 0 bridgehead atoms. The molecule has 27 heavy (non-hydrogen) atoms. The van der Waals surface area contributed by atoms with Crippen LogP contribution in [0.5, 0.6) is 0 Å². The van der Waals surface area contributed by atoms with Gasteiger partial charge in [0, 0.05) is 15.3 Å². The molecule has 3 aromatic rings. The molecule has 0 saturated carbocycles. The van der Waals surface area contributed by atoms with Gasteiger partial charge in [-0.2, -0.15) is 11.3 Å². The van der Waals surface area contributed by atoms with Gasteiger partial charge >= 0.3 is 11.8 Å². The van der Waals surface area contributed by atoms with Gasteiger partial charge in [0.25, 0.3) is 0 Å². The second kappa shape index (κ2) is 8.71. The second-order valence-electron chi connectivity index (χ2n) is 5.69. The highest BCUT2D eigenvalue weighted by atomic mass is 32.2. The molecular formula is C19H18N2O3S3. The lowest BCUT2D eigenvalue weighted by Crippen LogP contribution is -2.44. The third-order valence-corrected chi connectivity index (χ3v) is 6.49. The van der Waals surface area contributed by atoms with Crippen molar-refractivity contribution < 1.29 is 14.7 Å². The molecular weight excluding hydrogens is 400 g/mol. The van der Waals surface area contributed by atoms with Crippen LogP contribution in [0, 0.1) is 0 Å². The molecule has 2 heterocycles. The van der Waals surface area contributed by atoms with E-state index < -0.39 is 17.4 Å². The van der Waals surface area contributed by atoms with E-state index in [1.807, 2.05) is 52.7 Å². The summed E-state index contributed by atoms with van der Waals surface area (Å²) in [6, 6.07) is 12.7. The van der Waals surface area contributed by atoms with E-state index in [4.69, 9.17) is 0 Å². The van der Waals surface area contributed by atoms with E-state index in [0.717, 1.165) is 4.90 Å². The smallest absolute Gasteiger partial charge is 0.313 e. The zero-order valence-corrected chi connectivity index (χ0v) is 16.9. The monoisotopic (exact) mass is 418 g/mol. The van der Waals surface area contributed by atoms with Crippen LogP contribution in [-0.4, -0.2) is 29.7 Å². The zero-order valence-electron chi connectivity index (χ0n) is 14.5. The first kappa shape index (κ1) is 19.6. The number of thiophene rings is 2. The first-order chi connectivity index (χ1) is 13.0. The van der Waals surface area contributed by atoms with Gasteiger partial charge in [0.2, 0.25) is 0 Å². The Morgan fingerprint density at radius 3 is 2.59 bits per heavy atom. The lowest BCUT2D eigenvalue weighted by molar-refractivity contribution is -0.136. The van der Waals surface area contributed by atoms with Gasteiger partial charge < -0.3 is 15.7 Å². The standard InChI is InChI=1S/C19H18N2O3S3/c1-25-15-6-3-2-5-14(15)21-18(23)17(22)20-12-19(24,13-8-10-26-11-13)16-7-4-9-27-16/h2-11,24H,12H2,1H3,(H,20,22)(H,21,23)/t19-/m1/s1. The first-order valence-electron chi connectivity index (χ1n) is 8.06. The number of nitrogens with one attached hydrogen (secondary N) is 2. The summed E-state index contributed by atoms with van der Waals surface area (Å²) >= 11 is 4.34. The van der Waals surface area contributed by atoms with E-state index in [9.17, 15) is 14.7 Å². The second-order valence-corrected chi connectivity index (χ2v) is 8.26. The largest absolute Gasteiger partial charge is 0.378 e. The third kappa shape index (κ3) is 4.41. The highest BCUT2D eigenvalue weighted by molar-refractivity contribution is 7.98. The number of carbonyl (C=O) groups is 2. The summed E-state index contributed by atoms with van der Waals surface area (Å²) in [5, 5.41) is 21.9. The molecule has 140 valence electrons. The number of para-hydroxylation sites is 1. The van der Waals surface area contributed by atoms with Crippen molar-refractivity contribution in [3.63, 3.8) is 0 Å². The van der Waals surface area contributed by atoms with Crippen LogP contribution in [0.2, 0.25) is 0 Å². The lowest BCUT2D eigenvalue weighted by atomic mass is 9.94. The molecule has 2 aromatic heterocycles. The maximum atomic E-state index is 12.3. The number of anilines is 1. The fourth-order valence-electron chi connectivity index (χ4n) is 2.56. The molecule has 2 amide bonds. The molecule has 0 aliphatic carbocycles. The number of hydrogen-bond donors (Lipinski definition) is 3. The van der Waals surface area contributed by atoms with Crippen molar-refractivity contribution in [2.45, 2.75) is 10.5 Å². The van der Waals surface area contributed by atoms with Crippen molar-refractivity contribution in [3.05, 3.63) is 69.0 Å². The minimum Gasteiger partial charge on any atom is -0.378 e. The molecule has 1 aromatic carbocycles. The average molecular weight is 419 g/mol. The number of benzene rings is 1. The van der Waals surface area contributed by atoms with Gasteiger partial charge in [0.1, 0.15) is 5.60 Å². The van der Waals surface area contributed by atoms with Gasteiger partial charge in [-0.25, -0.2) is 0 Å². The summed E-state index contributed by atoms with van der Waals surface area (Å²) < 4.78 is 0. The van der Waals surface area contributed by atoms with Gasteiger partial charge in [-0.05, 0) is 46.7 Å². The number of carbonyl (C=O) groups excluding carboxylic acids is 2. The minimum atomic E-state index is -1.37.